The summed E-state index contributed by atoms with van der Waals surface area (Å²) in [5, 5.41) is 4.44. The Kier molecular flexibility index (Phi) is 10.7. The van der Waals surface area contributed by atoms with Crippen molar-refractivity contribution in [1.29, 1.82) is 0 Å². The number of aromatic nitrogens is 4. The second kappa shape index (κ2) is 11.9. The van der Waals surface area contributed by atoms with E-state index in [9.17, 15) is 4.39 Å². The topological polar surface area (TPSA) is 43.6 Å². The van der Waals surface area contributed by atoms with Gasteiger partial charge in [0.1, 0.15) is 11.5 Å². The number of nitrogens with zero attached hydrogens (tertiary/aromatic N) is 4. The van der Waals surface area contributed by atoms with E-state index in [2.05, 4.69) is 15.1 Å². The predicted molar refractivity (Wildman–Crippen MR) is 103 cm³/mol. The zero-order valence-electron chi connectivity index (χ0n) is 15.0. The fraction of sp³-hybridized carbons (Fsp3) is 0.350. The smallest absolute Gasteiger partial charge is 0.179 e. The van der Waals surface area contributed by atoms with Crippen molar-refractivity contribution >= 4 is 0 Å². The molecule has 4 nitrogen and oxygen atoms in total. The highest BCUT2D eigenvalue weighted by molar-refractivity contribution is 5.48. The fourth-order valence-corrected chi connectivity index (χ4v) is 2.00. The van der Waals surface area contributed by atoms with Crippen molar-refractivity contribution in [3.8, 4) is 11.5 Å². The monoisotopic (exact) mass is 344 g/mol. The van der Waals surface area contributed by atoms with E-state index in [0.717, 1.165) is 5.69 Å². The third-order valence-electron chi connectivity index (χ3n) is 3.05. The minimum absolute atomic E-state index is 0. The van der Waals surface area contributed by atoms with Crippen molar-refractivity contribution in [2.75, 3.05) is 0 Å². The first-order valence-electron chi connectivity index (χ1n) is 8.29. The Labute approximate surface area is 150 Å². The maximum atomic E-state index is 13.7. The summed E-state index contributed by atoms with van der Waals surface area (Å²) in [7, 11) is 0. The molecule has 3 rings (SSSR count). The first kappa shape index (κ1) is 22.4. The van der Waals surface area contributed by atoms with Gasteiger partial charge in [-0.3, -0.25) is 4.68 Å². The summed E-state index contributed by atoms with van der Waals surface area (Å²) in [4.78, 5) is 8.33. The van der Waals surface area contributed by atoms with Gasteiger partial charge in [-0.25, -0.2) is 14.4 Å². The van der Waals surface area contributed by atoms with Crippen molar-refractivity contribution in [2.24, 2.45) is 0 Å². The molecule has 0 bridgehead atoms. The molecule has 2 aromatic heterocycles. The van der Waals surface area contributed by atoms with Gasteiger partial charge in [0, 0.05) is 23.7 Å². The molecular formula is C20H29FN4. The number of halogens is 1. The number of benzene rings is 1. The van der Waals surface area contributed by atoms with E-state index in [1.165, 1.54) is 6.07 Å². The second-order valence-electron chi connectivity index (χ2n) is 4.49. The second-order valence-corrected chi connectivity index (χ2v) is 4.49. The van der Waals surface area contributed by atoms with E-state index in [-0.39, 0.29) is 13.2 Å². The Bertz CT molecular complexity index is 724. The van der Waals surface area contributed by atoms with Crippen LogP contribution in [0.15, 0.2) is 48.8 Å². The molecule has 0 amide bonds. The largest absolute Gasteiger partial charge is 0.265 e. The van der Waals surface area contributed by atoms with Crippen molar-refractivity contribution in [1.82, 2.24) is 19.7 Å². The Morgan fingerprint density at radius 2 is 1.56 bits per heavy atom. The van der Waals surface area contributed by atoms with Crippen molar-refractivity contribution in [3.05, 3.63) is 65.9 Å². The fourth-order valence-electron chi connectivity index (χ4n) is 2.00. The van der Waals surface area contributed by atoms with Crippen molar-refractivity contribution in [2.45, 2.75) is 48.6 Å². The number of hydrogen-bond acceptors (Lipinski definition) is 3. The van der Waals surface area contributed by atoms with Crippen LogP contribution in [0.2, 0.25) is 0 Å². The third-order valence-corrected chi connectivity index (χ3v) is 3.05. The third kappa shape index (κ3) is 6.10. The summed E-state index contributed by atoms with van der Waals surface area (Å²) in [5.41, 5.74) is 2.24. The molecule has 0 N–H and O–H groups in total. The van der Waals surface area contributed by atoms with Crippen LogP contribution in [0.3, 0.4) is 0 Å². The highest BCUT2D eigenvalue weighted by Crippen LogP contribution is 2.16. The lowest BCUT2D eigenvalue weighted by Gasteiger charge is -2.05. The molecule has 2 heterocycles. The van der Waals surface area contributed by atoms with Crippen LogP contribution in [0, 0.1) is 12.7 Å². The molecule has 3 aromatic rings. The van der Waals surface area contributed by atoms with E-state index >= 15 is 0 Å². The molecule has 0 aliphatic carbocycles. The van der Waals surface area contributed by atoms with Crippen LogP contribution >= 0.6 is 0 Å². The van der Waals surface area contributed by atoms with Crippen LogP contribution in [0.5, 0.6) is 0 Å². The van der Waals surface area contributed by atoms with Crippen LogP contribution in [0.25, 0.3) is 11.5 Å². The number of hydrogen-bond donors (Lipinski definition) is 0. The van der Waals surface area contributed by atoms with Crippen LogP contribution in [-0.4, -0.2) is 19.7 Å². The molecule has 0 saturated carbocycles. The molecule has 0 aliphatic rings. The predicted octanol–water partition coefficient (Wildman–Crippen LogP) is 5.52. The van der Waals surface area contributed by atoms with Gasteiger partial charge in [0.15, 0.2) is 5.82 Å². The summed E-state index contributed by atoms with van der Waals surface area (Å²) in [6.07, 6.45) is 3.35. The molecular weight excluding hydrogens is 315 g/mol. The van der Waals surface area contributed by atoms with Crippen LogP contribution in [0.1, 0.15) is 46.4 Å². The Morgan fingerprint density at radius 1 is 0.960 bits per heavy atom. The van der Waals surface area contributed by atoms with Gasteiger partial charge in [-0.05, 0) is 25.1 Å². The molecule has 0 atom stereocenters. The SMILES string of the molecule is C.CC.CC.Cc1cc(-c2ncccn2)nn1Cc1ccccc1F. The van der Waals surface area contributed by atoms with E-state index in [1.807, 2.05) is 46.8 Å². The molecule has 0 saturated heterocycles. The van der Waals surface area contributed by atoms with Gasteiger partial charge >= 0.3 is 0 Å². The summed E-state index contributed by atoms with van der Waals surface area (Å²) in [6.45, 7) is 10.3. The quantitative estimate of drug-likeness (QED) is 0.628. The van der Waals surface area contributed by atoms with Gasteiger partial charge in [-0.2, -0.15) is 5.10 Å². The summed E-state index contributed by atoms with van der Waals surface area (Å²) in [6, 6.07) is 10.4. The van der Waals surface area contributed by atoms with Crippen LogP contribution in [-0.2, 0) is 6.54 Å². The van der Waals surface area contributed by atoms with Crippen LogP contribution < -0.4 is 0 Å². The standard InChI is InChI=1S/C15H13FN4.2C2H6.CH4/c1-11-9-14(15-17-7-4-8-18-15)19-20(11)10-12-5-2-3-6-13(12)16;2*1-2;/h2-9H,10H2,1H3;2*1-2H3;1H4. The van der Waals surface area contributed by atoms with E-state index in [1.54, 1.807) is 35.3 Å². The molecule has 5 heteroatoms. The first-order chi connectivity index (χ1) is 11.7. The molecule has 0 aliphatic heterocycles. The average Bonchev–Trinajstić information content (AvgIpc) is 3.02. The minimum atomic E-state index is -0.222. The van der Waals surface area contributed by atoms with Crippen LogP contribution in [0.4, 0.5) is 4.39 Å². The summed E-state index contributed by atoms with van der Waals surface area (Å²) in [5.74, 6) is 0.350. The molecule has 1 aromatic carbocycles. The molecule has 0 radical (unpaired) electrons. The van der Waals surface area contributed by atoms with E-state index in [4.69, 9.17) is 0 Å². The first-order valence-corrected chi connectivity index (χ1v) is 8.29. The lowest BCUT2D eigenvalue weighted by atomic mass is 10.2. The average molecular weight is 344 g/mol. The maximum absolute atomic E-state index is 13.7. The highest BCUT2D eigenvalue weighted by Gasteiger charge is 2.10. The van der Waals surface area contributed by atoms with Crippen molar-refractivity contribution < 1.29 is 4.39 Å². The van der Waals surface area contributed by atoms with Gasteiger partial charge < -0.3 is 0 Å². The van der Waals surface area contributed by atoms with E-state index in [0.29, 0.717) is 23.6 Å². The Morgan fingerprint density at radius 3 is 2.16 bits per heavy atom. The lowest BCUT2D eigenvalue weighted by Crippen LogP contribution is -2.05. The zero-order valence-corrected chi connectivity index (χ0v) is 15.0. The maximum Gasteiger partial charge on any atom is 0.179 e. The number of aryl methyl sites for hydroxylation is 1. The van der Waals surface area contributed by atoms with Gasteiger partial charge in [0.25, 0.3) is 0 Å². The molecule has 25 heavy (non-hydrogen) atoms. The van der Waals surface area contributed by atoms with Gasteiger partial charge in [0.05, 0.1) is 6.54 Å². The normalized spacial score (nSPS) is 9.04. The van der Waals surface area contributed by atoms with E-state index < -0.39 is 0 Å². The van der Waals surface area contributed by atoms with Crippen molar-refractivity contribution in [3.63, 3.8) is 0 Å². The van der Waals surface area contributed by atoms with Gasteiger partial charge in [-0.15, -0.1) is 0 Å². The highest BCUT2D eigenvalue weighted by atomic mass is 19.1. The number of rotatable bonds is 3. The van der Waals surface area contributed by atoms with Gasteiger partial charge in [-0.1, -0.05) is 53.3 Å². The Balaban J connectivity index is 0.00000108. The lowest BCUT2D eigenvalue weighted by molar-refractivity contribution is 0.580. The molecule has 0 fully saturated rings. The summed E-state index contributed by atoms with van der Waals surface area (Å²) < 4.78 is 15.4. The molecule has 0 spiro atoms. The molecule has 0 unspecified atom stereocenters. The Hall–Kier alpha value is -2.56. The zero-order chi connectivity index (χ0) is 17.9. The van der Waals surface area contributed by atoms with Gasteiger partial charge in [0.2, 0.25) is 0 Å². The molecule has 136 valence electrons. The summed E-state index contributed by atoms with van der Waals surface area (Å²) >= 11 is 0. The minimum Gasteiger partial charge on any atom is -0.265 e.